The van der Waals surface area contributed by atoms with Crippen molar-refractivity contribution in [2.45, 2.75) is 65.3 Å². The fraction of sp³-hybridized carbons (Fsp3) is 0.556. The van der Waals surface area contributed by atoms with Gasteiger partial charge in [-0.25, -0.2) is 4.79 Å². The normalized spacial score (nSPS) is 14.4. The molecule has 0 radical (unpaired) electrons. The van der Waals surface area contributed by atoms with E-state index in [9.17, 15) is 19.2 Å². The first kappa shape index (κ1) is 28.2. The number of rotatable bonds is 12. The van der Waals surface area contributed by atoms with Crippen LogP contribution in [-0.2, 0) is 27.2 Å². The van der Waals surface area contributed by atoms with Crippen LogP contribution in [0.1, 0.15) is 56.2 Å². The van der Waals surface area contributed by atoms with Crippen molar-refractivity contribution in [3.8, 4) is 5.75 Å². The monoisotopic (exact) mass is 515 g/mol. The first-order chi connectivity index (χ1) is 17.8. The molecule has 202 valence electrons. The van der Waals surface area contributed by atoms with Crippen LogP contribution in [-0.4, -0.2) is 55.2 Å². The van der Waals surface area contributed by atoms with Crippen molar-refractivity contribution in [1.82, 2.24) is 16.0 Å². The van der Waals surface area contributed by atoms with Gasteiger partial charge in [-0.05, 0) is 62.6 Å². The summed E-state index contributed by atoms with van der Waals surface area (Å²) >= 11 is 0. The number of benzene rings is 1. The average Bonchev–Trinajstić information content (AvgIpc) is 2.90. The molecule has 2 atom stereocenters. The van der Waals surface area contributed by atoms with Crippen molar-refractivity contribution < 1.29 is 28.6 Å². The predicted molar refractivity (Wildman–Crippen MR) is 138 cm³/mol. The zero-order valence-electron chi connectivity index (χ0n) is 21.8. The van der Waals surface area contributed by atoms with Gasteiger partial charge >= 0.3 is 5.63 Å². The van der Waals surface area contributed by atoms with Gasteiger partial charge in [0.2, 0.25) is 11.8 Å². The molecule has 10 nitrogen and oxygen atoms in total. The number of fused-ring (bicyclic) bond motifs is 3. The van der Waals surface area contributed by atoms with Crippen molar-refractivity contribution >= 4 is 28.7 Å². The van der Waals surface area contributed by atoms with Crippen LogP contribution in [0.2, 0.25) is 0 Å². The van der Waals surface area contributed by atoms with E-state index in [0.717, 1.165) is 42.2 Å². The zero-order chi connectivity index (χ0) is 26.9. The standard InChI is InChI=1S/C27H37N3O7/c1-4-16(2)24(26(34)28-12-7-13-31)30-22(32)14-29-23(33)15-36-21-11-10-19-18-8-5-6-9-20(18)27(35)37-25(19)17(21)3/h10-11,16,24,31H,4-9,12-15H2,1-3H3,(H,28,34)(H,29,33)(H,30,32)/t16-,24-/m0/s1. The van der Waals surface area contributed by atoms with Gasteiger partial charge in [0.1, 0.15) is 17.4 Å². The molecule has 1 aliphatic rings. The van der Waals surface area contributed by atoms with Gasteiger partial charge in [0, 0.05) is 29.7 Å². The lowest BCUT2D eigenvalue weighted by Gasteiger charge is -2.23. The molecule has 1 heterocycles. The second-order valence-electron chi connectivity index (χ2n) is 9.48. The van der Waals surface area contributed by atoms with Crippen molar-refractivity contribution in [3.63, 3.8) is 0 Å². The molecular formula is C27H37N3O7. The molecular weight excluding hydrogens is 478 g/mol. The molecule has 1 aromatic carbocycles. The molecule has 3 amide bonds. The summed E-state index contributed by atoms with van der Waals surface area (Å²) in [5.74, 6) is -1.02. The third-order valence-electron chi connectivity index (χ3n) is 6.84. The van der Waals surface area contributed by atoms with E-state index in [1.54, 1.807) is 13.0 Å². The largest absolute Gasteiger partial charge is 0.483 e. The molecule has 1 aliphatic carbocycles. The smallest absolute Gasteiger partial charge is 0.339 e. The summed E-state index contributed by atoms with van der Waals surface area (Å²) in [6.45, 7) is 5.19. The Bertz CT molecular complexity index is 1190. The molecule has 0 spiro atoms. The lowest BCUT2D eigenvalue weighted by molar-refractivity contribution is -0.131. The van der Waals surface area contributed by atoms with Crippen LogP contribution in [0.25, 0.3) is 11.0 Å². The van der Waals surface area contributed by atoms with E-state index in [4.69, 9.17) is 14.3 Å². The summed E-state index contributed by atoms with van der Waals surface area (Å²) in [4.78, 5) is 49.6. The van der Waals surface area contributed by atoms with Gasteiger partial charge in [0.15, 0.2) is 6.61 Å². The minimum absolute atomic E-state index is 0.0378. The van der Waals surface area contributed by atoms with Crippen LogP contribution in [0.5, 0.6) is 5.75 Å². The molecule has 0 saturated carbocycles. The SMILES string of the molecule is CC[C@H](C)[C@H](NC(=O)CNC(=O)COc1ccc2c3c(c(=O)oc2c1C)CCCC3)C(=O)NCCCO. The van der Waals surface area contributed by atoms with E-state index in [1.165, 1.54) is 0 Å². The molecule has 4 N–H and O–H groups in total. The van der Waals surface area contributed by atoms with Gasteiger partial charge < -0.3 is 30.2 Å². The summed E-state index contributed by atoms with van der Waals surface area (Å²) in [5, 5.41) is 17.7. The fourth-order valence-corrected chi connectivity index (χ4v) is 4.48. The molecule has 1 aromatic heterocycles. The Balaban J connectivity index is 1.56. The molecule has 10 heteroatoms. The zero-order valence-corrected chi connectivity index (χ0v) is 21.8. The predicted octanol–water partition coefficient (Wildman–Crippen LogP) is 1.50. The Kier molecular flexibility index (Phi) is 10.1. The number of aliphatic hydroxyl groups excluding tert-OH is 1. The summed E-state index contributed by atoms with van der Waals surface area (Å²) in [7, 11) is 0. The summed E-state index contributed by atoms with van der Waals surface area (Å²) < 4.78 is 11.3. The quantitative estimate of drug-likeness (QED) is 0.247. The van der Waals surface area contributed by atoms with E-state index in [-0.39, 0.29) is 37.2 Å². The van der Waals surface area contributed by atoms with Crippen molar-refractivity contribution in [3.05, 3.63) is 39.2 Å². The van der Waals surface area contributed by atoms with Crippen LogP contribution in [0.3, 0.4) is 0 Å². The van der Waals surface area contributed by atoms with E-state index in [1.807, 2.05) is 19.9 Å². The summed E-state index contributed by atoms with van der Waals surface area (Å²) in [6.07, 6.45) is 4.67. The molecule has 2 aromatic rings. The number of aliphatic hydroxyl groups is 1. The van der Waals surface area contributed by atoms with E-state index >= 15 is 0 Å². The number of ether oxygens (including phenoxy) is 1. The lowest BCUT2D eigenvalue weighted by Crippen LogP contribution is -2.52. The molecule has 0 fully saturated rings. The Morgan fingerprint density at radius 3 is 2.54 bits per heavy atom. The fourth-order valence-electron chi connectivity index (χ4n) is 4.48. The molecule has 0 aliphatic heterocycles. The molecule has 3 rings (SSSR count). The highest BCUT2D eigenvalue weighted by Crippen LogP contribution is 2.32. The van der Waals surface area contributed by atoms with Gasteiger partial charge in [-0.2, -0.15) is 0 Å². The van der Waals surface area contributed by atoms with Gasteiger partial charge in [0.05, 0.1) is 6.54 Å². The maximum Gasteiger partial charge on any atom is 0.339 e. The Morgan fingerprint density at radius 1 is 1.11 bits per heavy atom. The number of amides is 3. The number of carbonyl (C=O) groups is 3. The summed E-state index contributed by atoms with van der Waals surface area (Å²) in [5.41, 5.74) is 2.58. The molecule has 37 heavy (non-hydrogen) atoms. The van der Waals surface area contributed by atoms with Gasteiger partial charge in [0.25, 0.3) is 5.91 Å². The van der Waals surface area contributed by atoms with Crippen LogP contribution < -0.4 is 26.3 Å². The van der Waals surface area contributed by atoms with Gasteiger partial charge in [-0.3, -0.25) is 14.4 Å². The molecule has 0 bridgehead atoms. The Morgan fingerprint density at radius 2 is 1.84 bits per heavy atom. The minimum Gasteiger partial charge on any atom is -0.483 e. The Hall–Kier alpha value is -3.40. The number of nitrogens with one attached hydrogen (secondary N) is 3. The van der Waals surface area contributed by atoms with E-state index < -0.39 is 17.9 Å². The maximum atomic E-state index is 12.5. The number of aryl methyl sites for hydroxylation is 2. The van der Waals surface area contributed by atoms with Gasteiger partial charge in [-0.1, -0.05) is 20.3 Å². The highest BCUT2D eigenvalue weighted by atomic mass is 16.5. The van der Waals surface area contributed by atoms with Crippen LogP contribution >= 0.6 is 0 Å². The number of hydrogen-bond acceptors (Lipinski definition) is 7. The van der Waals surface area contributed by atoms with Crippen LogP contribution in [0, 0.1) is 12.8 Å². The lowest BCUT2D eigenvalue weighted by atomic mass is 9.90. The Labute approximate surface area is 216 Å². The third-order valence-corrected chi connectivity index (χ3v) is 6.84. The first-order valence-corrected chi connectivity index (χ1v) is 12.9. The minimum atomic E-state index is -0.745. The second-order valence-corrected chi connectivity index (χ2v) is 9.48. The first-order valence-electron chi connectivity index (χ1n) is 12.9. The highest BCUT2D eigenvalue weighted by molar-refractivity contribution is 5.90. The molecule has 0 saturated heterocycles. The van der Waals surface area contributed by atoms with E-state index in [0.29, 0.717) is 36.3 Å². The van der Waals surface area contributed by atoms with Crippen molar-refractivity contribution in [1.29, 1.82) is 0 Å². The third kappa shape index (κ3) is 7.09. The van der Waals surface area contributed by atoms with E-state index in [2.05, 4.69) is 16.0 Å². The number of carbonyl (C=O) groups excluding carboxylic acids is 3. The van der Waals surface area contributed by atoms with Crippen molar-refractivity contribution in [2.24, 2.45) is 5.92 Å². The topological polar surface area (TPSA) is 147 Å². The van der Waals surface area contributed by atoms with Crippen LogP contribution in [0.4, 0.5) is 0 Å². The highest BCUT2D eigenvalue weighted by Gasteiger charge is 2.26. The second kappa shape index (κ2) is 13.2. The summed E-state index contributed by atoms with van der Waals surface area (Å²) in [6, 6.07) is 2.88. The van der Waals surface area contributed by atoms with Gasteiger partial charge in [-0.15, -0.1) is 0 Å². The average molecular weight is 516 g/mol. The van der Waals surface area contributed by atoms with Crippen LogP contribution in [0.15, 0.2) is 21.3 Å². The van der Waals surface area contributed by atoms with Crippen molar-refractivity contribution in [2.75, 3.05) is 26.3 Å². The maximum absolute atomic E-state index is 12.5. The number of hydrogen-bond donors (Lipinski definition) is 4. The molecule has 0 unspecified atom stereocenters.